The summed E-state index contributed by atoms with van der Waals surface area (Å²) in [6.45, 7) is 2.29. The van der Waals surface area contributed by atoms with Crippen LogP contribution in [0.25, 0.3) is 22.5 Å². The Labute approximate surface area is 169 Å². The highest BCUT2D eigenvalue weighted by Crippen LogP contribution is 2.42. The van der Waals surface area contributed by atoms with Crippen molar-refractivity contribution in [1.29, 1.82) is 0 Å². The summed E-state index contributed by atoms with van der Waals surface area (Å²) >= 11 is 0. The number of aromatic nitrogens is 1. The summed E-state index contributed by atoms with van der Waals surface area (Å²) < 4.78 is 16.9. The van der Waals surface area contributed by atoms with Gasteiger partial charge < -0.3 is 19.1 Å². The smallest absolute Gasteiger partial charge is 0.178 e. The average molecular weight is 387 g/mol. The van der Waals surface area contributed by atoms with Gasteiger partial charge in [0, 0.05) is 11.6 Å². The summed E-state index contributed by atoms with van der Waals surface area (Å²) in [7, 11) is 1.62. The molecule has 29 heavy (non-hydrogen) atoms. The molecule has 5 nitrogen and oxygen atoms in total. The average Bonchev–Trinajstić information content (AvgIpc) is 3.14. The number of benzene rings is 3. The Kier molecular flexibility index (Phi) is 5.20. The lowest BCUT2D eigenvalue weighted by Gasteiger charge is -2.11. The van der Waals surface area contributed by atoms with Crippen molar-refractivity contribution in [2.75, 3.05) is 7.11 Å². The SMILES string of the molecule is COc1ccccc1-c1c(C)noc1-c1ccc(OCc2ccccc2)cc1O. The second kappa shape index (κ2) is 8.10. The van der Waals surface area contributed by atoms with Gasteiger partial charge in [0.2, 0.25) is 0 Å². The Morgan fingerprint density at radius 2 is 1.69 bits per heavy atom. The molecule has 0 aliphatic carbocycles. The fraction of sp³-hybridized carbons (Fsp3) is 0.125. The Morgan fingerprint density at radius 1 is 0.931 bits per heavy atom. The minimum atomic E-state index is 0.0582. The maximum atomic E-state index is 10.7. The Balaban J connectivity index is 1.66. The summed E-state index contributed by atoms with van der Waals surface area (Å²) in [5.41, 5.74) is 3.95. The van der Waals surface area contributed by atoms with Crippen LogP contribution < -0.4 is 9.47 Å². The van der Waals surface area contributed by atoms with Crippen LogP contribution in [0, 0.1) is 6.92 Å². The Bertz CT molecular complexity index is 1120. The van der Waals surface area contributed by atoms with E-state index in [9.17, 15) is 5.11 Å². The fourth-order valence-corrected chi connectivity index (χ4v) is 3.26. The molecule has 0 atom stereocenters. The molecule has 0 saturated heterocycles. The molecule has 4 rings (SSSR count). The number of hydrogen-bond donors (Lipinski definition) is 1. The number of phenols is 1. The van der Waals surface area contributed by atoms with Gasteiger partial charge in [-0.15, -0.1) is 0 Å². The third-order valence-electron chi connectivity index (χ3n) is 4.70. The zero-order chi connectivity index (χ0) is 20.2. The number of rotatable bonds is 6. The van der Waals surface area contributed by atoms with Gasteiger partial charge in [-0.2, -0.15) is 0 Å². The van der Waals surface area contributed by atoms with Crippen molar-refractivity contribution in [2.45, 2.75) is 13.5 Å². The standard InChI is InChI=1S/C24H21NO4/c1-16-23(20-10-6-7-11-22(20)27-2)24(29-25-16)19-13-12-18(14-21(19)26)28-15-17-8-4-3-5-9-17/h3-14,26H,15H2,1-2H3. The maximum absolute atomic E-state index is 10.7. The van der Waals surface area contributed by atoms with Crippen LogP contribution >= 0.6 is 0 Å². The van der Waals surface area contributed by atoms with E-state index in [0.29, 0.717) is 35.1 Å². The van der Waals surface area contributed by atoms with E-state index in [0.717, 1.165) is 16.7 Å². The van der Waals surface area contributed by atoms with Gasteiger partial charge in [0.05, 0.1) is 23.9 Å². The highest BCUT2D eigenvalue weighted by molar-refractivity contribution is 5.86. The molecule has 0 saturated carbocycles. The van der Waals surface area contributed by atoms with E-state index < -0.39 is 0 Å². The van der Waals surface area contributed by atoms with E-state index in [1.165, 1.54) is 0 Å². The lowest BCUT2D eigenvalue weighted by atomic mass is 9.98. The monoisotopic (exact) mass is 387 g/mol. The number of ether oxygens (including phenoxy) is 2. The van der Waals surface area contributed by atoms with Crippen molar-refractivity contribution >= 4 is 0 Å². The summed E-state index contributed by atoms with van der Waals surface area (Å²) in [4.78, 5) is 0. The minimum absolute atomic E-state index is 0.0582. The third-order valence-corrected chi connectivity index (χ3v) is 4.70. The molecule has 0 aliphatic rings. The van der Waals surface area contributed by atoms with Gasteiger partial charge in [0.1, 0.15) is 23.9 Å². The highest BCUT2D eigenvalue weighted by Gasteiger charge is 2.22. The first-order valence-electron chi connectivity index (χ1n) is 9.27. The minimum Gasteiger partial charge on any atom is -0.507 e. The van der Waals surface area contributed by atoms with Gasteiger partial charge in [-0.25, -0.2) is 0 Å². The third kappa shape index (κ3) is 3.80. The lowest BCUT2D eigenvalue weighted by molar-refractivity contribution is 0.304. The molecule has 146 valence electrons. The molecule has 1 heterocycles. The van der Waals surface area contributed by atoms with E-state index in [1.807, 2.05) is 67.6 Å². The normalized spacial score (nSPS) is 10.7. The molecule has 0 radical (unpaired) electrons. The van der Waals surface area contributed by atoms with Crippen LogP contribution in [0.5, 0.6) is 17.2 Å². The zero-order valence-electron chi connectivity index (χ0n) is 16.3. The summed E-state index contributed by atoms with van der Waals surface area (Å²) in [5, 5.41) is 14.8. The van der Waals surface area contributed by atoms with Gasteiger partial charge in [0.25, 0.3) is 0 Å². The molecule has 5 heteroatoms. The second-order valence-corrected chi connectivity index (χ2v) is 6.63. The Morgan fingerprint density at radius 3 is 2.45 bits per heavy atom. The van der Waals surface area contributed by atoms with Crippen LogP contribution in [-0.4, -0.2) is 17.4 Å². The van der Waals surface area contributed by atoms with E-state index in [2.05, 4.69) is 5.16 Å². The summed E-state index contributed by atoms with van der Waals surface area (Å²) in [6.07, 6.45) is 0. The van der Waals surface area contributed by atoms with E-state index in [-0.39, 0.29) is 5.75 Å². The number of aryl methyl sites for hydroxylation is 1. The molecule has 0 bridgehead atoms. The van der Waals surface area contributed by atoms with Crippen molar-refractivity contribution < 1.29 is 19.1 Å². The van der Waals surface area contributed by atoms with Crippen LogP contribution in [0.4, 0.5) is 0 Å². The van der Waals surface area contributed by atoms with E-state index >= 15 is 0 Å². The number of aromatic hydroxyl groups is 1. The molecule has 0 amide bonds. The number of para-hydroxylation sites is 1. The van der Waals surface area contributed by atoms with Crippen molar-refractivity contribution in [3.63, 3.8) is 0 Å². The van der Waals surface area contributed by atoms with E-state index in [4.69, 9.17) is 14.0 Å². The van der Waals surface area contributed by atoms with Crippen molar-refractivity contribution in [1.82, 2.24) is 5.16 Å². The van der Waals surface area contributed by atoms with Gasteiger partial charge in [-0.1, -0.05) is 53.7 Å². The zero-order valence-corrected chi connectivity index (χ0v) is 16.3. The molecule has 1 N–H and O–H groups in total. The lowest BCUT2D eigenvalue weighted by Crippen LogP contribution is -1.95. The molecule has 4 aromatic rings. The molecule has 0 spiro atoms. The van der Waals surface area contributed by atoms with Crippen molar-refractivity contribution in [3.8, 4) is 39.7 Å². The van der Waals surface area contributed by atoms with E-state index in [1.54, 1.807) is 19.2 Å². The topological polar surface area (TPSA) is 64.7 Å². The van der Waals surface area contributed by atoms with Crippen LogP contribution in [0.2, 0.25) is 0 Å². The molecular formula is C24H21NO4. The molecule has 0 aliphatic heterocycles. The number of nitrogens with zero attached hydrogens (tertiary/aromatic N) is 1. The Hall–Kier alpha value is -3.73. The first-order chi connectivity index (χ1) is 14.2. The molecule has 0 fully saturated rings. The number of hydrogen-bond acceptors (Lipinski definition) is 5. The predicted molar refractivity (Wildman–Crippen MR) is 111 cm³/mol. The van der Waals surface area contributed by atoms with Crippen LogP contribution in [0.15, 0.2) is 77.3 Å². The number of methoxy groups -OCH3 is 1. The maximum Gasteiger partial charge on any atom is 0.178 e. The second-order valence-electron chi connectivity index (χ2n) is 6.63. The van der Waals surface area contributed by atoms with Crippen LogP contribution in [0.3, 0.4) is 0 Å². The van der Waals surface area contributed by atoms with Crippen molar-refractivity contribution in [2.24, 2.45) is 0 Å². The summed E-state index contributed by atoms with van der Waals surface area (Å²) in [6, 6.07) is 22.7. The van der Waals surface area contributed by atoms with Gasteiger partial charge in [-0.3, -0.25) is 0 Å². The number of phenolic OH excluding ortho intramolecular Hbond substituents is 1. The van der Waals surface area contributed by atoms with Crippen LogP contribution in [-0.2, 0) is 6.61 Å². The molecular weight excluding hydrogens is 366 g/mol. The fourth-order valence-electron chi connectivity index (χ4n) is 3.26. The largest absolute Gasteiger partial charge is 0.507 e. The van der Waals surface area contributed by atoms with Gasteiger partial charge >= 0.3 is 0 Å². The highest BCUT2D eigenvalue weighted by atomic mass is 16.5. The van der Waals surface area contributed by atoms with Gasteiger partial charge in [-0.05, 0) is 30.7 Å². The predicted octanol–water partition coefficient (Wildman–Crippen LogP) is 5.61. The van der Waals surface area contributed by atoms with Crippen molar-refractivity contribution in [3.05, 3.63) is 84.1 Å². The molecule has 0 unspecified atom stereocenters. The first kappa shape index (κ1) is 18.6. The summed E-state index contributed by atoms with van der Waals surface area (Å²) in [5.74, 6) is 1.83. The van der Waals surface area contributed by atoms with Gasteiger partial charge in [0.15, 0.2) is 5.76 Å². The quantitative estimate of drug-likeness (QED) is 0.466. The van der Waals surface area contributed by atoms with Crippen LogP contribution in [0.1, 0.15) is 11.3 Å². The first-order valence-corrected chi connectivity index (χ1v) is 9.27. The molecule has 3 aromatic carbocycles. The molecule has 1 aromatic heterocycles.